The second-order valence-corrected chi connectivity index (χ2v) is 4.78. The van der Waals surface area contributed by atoms with Crippen molar-refractivity contribution in [3.63, 3.8) is 0 Å². The third kappa shape index (κ3) is 4.72. The molecule has 0 atom stereocenters. The number of aryl methyl sites for hydroxylation is 2. The van der Waals surface area contributed by atoms with E-state index in [9.17, 15) is 0 Å². The number of rotatable bonds is 7. The Morgan fingerprint density at radius 1 is 1.10 bits per heavy atom. The van der Waals surface area contributed by atoms with Gasteiger partial charge in [-0.3, -0.25) is 0 Å². The molecule has 0 radical (unpaired) electrons. The maximum atomic E-state index is 5.02. The van der Waals surface area contributed by atoms with E-state index in [4.69, 9.17) is 4.74 Å². The Kier molecular flexibility index (Phi) is 5.51. The molecule has 5 nitrogen and oxygen atoms in total. The Labute approximate surface area is 125 Å². The lowest BCUT2D eigenvalue weighted by atomic mass is 10.1. The molecule has 0 aliphatic heterocycles. The molecule has 21 heavy (non-hydrogen) atoms. The average molecular weight is 286 g/mol. The van der Waals surface area contributed by atoms with E-state index in [2.05, 4.69) is 51.8 Å². The Balaban J connectivity index is 2.07. The predicted octanol–water partition coefficient (Wildman–Crippen LogP) is 3.15. The van der Waals surface area contributed by atoms with Gasteiger partial charge in [-0.1, -0.05) is 19.1 Å². The summed E-state index contributed by atoms with van der Waals surface area (Å²) in [6.45, 7) is 5.39. The van der Waals surface area contributed by atoms with Gasteiger partial charge in [-0.15, -0.1) is 0 Å². The first-order chi connectivity index (χ1) is 10.2. The Morgan fingerprint density at radius 3 is 2.48 bits per heavy atom. The van der Waals surface area contributed by atoms with Crippen LogP contribution >= 0.6 is 0 Å². The number of hydrogen-bond acceptors (Lipinski definition) is 5. The summed E-state index contributed by atoms with van der Waals surface area (Å²) in [5.74, 6) is 2.31. The summed E-state index contributed by atoms with van der Waals surface area (Å²) in [6.07, 6.45) is 1.04. The Hall–Kier alpha value is -2.14. The van der Waals surface area contributed by atoms with Crippen molar-refractivity contribution >= 4 is 17.3 Å². The number of benzene rings is 1. The average Bonchev–Trinajstić information content (AvgIpc) is 2.48. The van der Waals surface area contributed by atoms with Crippen molar-refractivity contribution in [2.45, 2.75) is 20.3 Å². The van der Waals surface area contributed by atoms with E-state index in [1.165, 1.54) is 5.56 Å². The Bertz CT molecular complexity index is 569. The molecule has 1 heterocycles. The van der Waals surface area contributed by atoms with Crippen LogP contribution in [0.4, 0.5) is 17.3 Å². The van der Waals surface area contributed by atoms with Gasteiger partial charge in [-0.2, -0.15) is 0 Å². The molecule has 0 saturated heterocycles. The maximum absolute atomic E-state index is 5.02. The largest absolute Gasteiger partial charge is 0.383 e. The SMILES string of the molecule is CCc1ccc(Nc2cc(NCCOC)nc(C)n2)cc1. The zero-order chi connectivity index (χ0) is 15.1. The molecule has 1 aromatic heterocycles. The molecule has 0 fully saturated rings. The van der Waals surface area contributed by atoms with Gasteiger partial charge in [-0.25, -0.2) is 9.97 Å². The van der Waals surface area contributed by atoms with Crippen LogP contribution in [-0.4, -0.2) is 30.2 Å². The fourth-order valence-electron chi connectivity index (χ4n) is 1.98. The fourth-order valence-corrected chi connectivity index (χ4v) is 1.98. The van der Waals surface area contributed by atoms with Crippen LogP contribution < -0.4 is 10.6 Å². The number of anilines is 3. The van der Waals surface area contributed by atoms with E-state index in [1.54, 1.807) is 7.11 Å². The van der Waals surface area contributed by atoms with Gasteiger partial charge in [0.25, 0.3) is 0 Å². The van der Waals surface area contributed by atoms with Gasteiger partial charge in [0.2, 0.25) is 0 Å². The molecule has 1 aromatic carbocycles. The number of hydrogen-bond donors (Lipinski definition) is 2. The van der Waals surface area contributed by atoms with Crippen molar-refractivity contribution in [3.05, 3.63) is 41.7 Å². The standard InChI is InChI=1S/C16H22N4O/c1-4-13-5-7-14(8-6-13)20-16-11-15(17-9-10-21-3)18-12(2)19-16/h5-8,11H,4,9-10H2,1-3H3,(H2,17,18,19,20). The van der Waals surface area contributed by atoms with Crippen LogP contribution in [0.25, 0.3) is 0 Å². The van der Waals surface area contributed by atoms with Crippen molar-refractivity contribution in [2.75, 3.05) is 30.9 Å². The minimum absolute atomic E-state index is 0.643. The minimum atomic E-state index is 0.643. The molecule has 0 unspecified atom stereocenters. The lowest BCUT2D eigenvalue weighted by Gasteiger charge is -2.10. The normalized spacial score (nSPS) is 10.4. The van der Waals surface area contributed by atoms with E-state index in [0.717, 1.165) is 36.1 Å². The van der Waals surface area contributed by atoms with Gasteiger partial charge in [0, 0.05) is 25.4 Å². The zero-order valence-electron chi connectivity index (χ0n) is 12.8. The Morgan fingerprint density at radius 2 is 1.81 bits per heavy atom. The van der Waals surface area contributed by atoms with Crippen LogP contribution in [0.3, 0.4) is 0 Å². The van der Waals surface area contributed by atoms with Crippen molar-refractivity contribution in [1.82, 2.24) is 9.97 Å². The van der Waals surface area contributed by atoms with Crippen LogP contribution in [0.2, 0.25) is 0 Å². The zero-order valence-corrected chi connectivity index (χ0v) is 12.8. The molecule has 2 rings (SSSR count). The van der Waals surface area contributed by atoms with Gasteiger partial charge < -0.3 is 15.4 Å². The first-order valence-electron chi connectivity index (χ1n) is 7.15. The monoisotopic (exact) mass is 286 g/mol. The van der Waals surface area contributed by atoms with Crippen molar-refractivity contribution < 1.29 is 4.74 Å². The highest BCUT2D eigenvalue weighted by Crippen LogP contribution is 2.18. The minimum Gasteiger partial charge on any atom is -0.383 e. The van der Waals surface area contributed by atoms with Crippen molar-refractivity contribution in [2.24, 2.45) is 0 Å². The molecular formula is C16H22N4O. The van der Waals surface area contributed by atoms with E-state index < -0.39 is 0 Å². The van der Waals surface area contributed by atoms with Gasteiger partial charge in [0.05, 0.1) is 6.61 Å². The van der Waals surface area contributed by atoms with Crippen LogP contribution in [0.1, 0.15) is 18.3 Å². The molecule has 0 aliphatic rings. The predicted molar refractivity (Wildman–Crippen MR) is 86.2 cm³/mol. The topological polar surface area (TPSA) is 59.1 Å². The van der Waals surface area contributed by atoms with Gasteiger partial charge in [-0.05, 0) is 31.0 Å². The first kappa shape index (κ1) is 15.3. The lowest BCUT2D eigenvalue weighted by molar-refractivity contribution is 0.210. The summed E-state index contributed by atoms with van der Waals surface area (Å²) in [5, 5.41) is 6.52. The maximum Gasteiger partial charge on any atom is 0.136 e. The van der Waals surface area contributed by atoms with Crippen LogP contribution in [0, 0.1) is 6.92 Å². The number of ether oxygens (including phenoxy) is 1. The highest BCUT2D eigenvalue weighted by atomic mass is 16.5. The molecule has 0 spiro atoms. The summed E-state index contributed by atoms with van der Waals surface area (Å²) in [4.78, 5) is 8.76. The van der Waals surface area contributed by atoms with E-state index in [-0.39, 0.29) is 0 Å². The van der Waals surface area contributed by atoms with Crippen LogP contribution in [-0.2, 0) is 11.2 Å². The number of methoxy groups -OCH3 is 1. The third-order valence-electron chi connectivity index (χ3n) is 3.08. The third-order valence-corrected chi connectivity index (χ3v) is 3.08. The van der Waals surface area contributed by atoms with Crippen LogP contribution in [0.15, 0.2) is 30.3 Å². The summed E-state index contributed by atoms with van der Waals surface area (Å²) in [6, 6.07) is 10.3. The summed E-state index contributed by atoms with van der Waals surface area (Å²) in [7, 11) is 1.68. The molecule has 112 valence electrons. The summed E-state index contributed by atoms with van der Waals surface area (Å²) < 4.78 is 5.02. The summed E-state index contributed by atoms with van der Waals surface area (Å²) in [5.41, 5.74) is 2.34. The van der Waals surface area contributed by atoms with Gasteiger partial charge >= 0.3 is 0 Å². The molecule has 0 bridgehead atoms. The van der Waals surface area contributed by atoms with Crippen LogP contribution in [0.5, 0.6) is 0 Å². The number of nitrogens with one attached hydrogen (secondary N) is 2. The highest BCUT2D eigenvalue weighted by molar-refractivity contribution is 5.59. The smallest absolute Gasteiger partial charge is 0.136 e. The molecular weight excluding hydrogens is 264 g/mol. The van der Waals surface area contributed by atoms with Crippen molar-refractivity contribution in [3.8, 4) is 0 Å². The molecule has 5 heteroatoms. The molecule has 2 N–H and O–H groups in total. The van der Waals surface area contributed by atoms with E-state index in [1.807, 2.05) is 13.0 Å². The first-order valence-corrected chi connectivity index (χ1v) is 7.15. The lowest BCUT2D eigenvalue weighted by Crippen LogP contribution is -2.10. The fraction of sp³-hybridized carbons (Fsp3) is 0.375. The van der Waals surface area contributed by atoms with E-state index >= 15 is 0 Å². The second kappa shape index (κ2) is 7.59. The quantitative estimate of drug-likeness (QED) is 0.766. The number of nitrogens with zero attached hydrogens (tertiary/aromatic N) is 2. The molecule has 0 saturated carbocycles. The van der Waals surface area contributed by atoms with E-state index in [0.29, 0.717) is 6.61 Å². The molecule has 2 aromatic rings. The highest BCUT2D eigenvalue weighted by Gasteiger charge is 2.02. The second-order valence-electron chi connectivity index (χ2n) is 4.78. The molecule has 0 aliphatic carbocycles. The van der Waals surface area contributed by atoms with Gasteiger partial charge in [0.1, 0.15) is 17.5 Å². The number of aromatic nitrogens is 2. The molecule has 0 amide bonds. The van der Waals surface area contributed by atoms with Crippen molar-refractivity contribution in [1.29, 1.82) is 0 Å². The summed E-state index contributed by atoms with van der Waals surface area (Å²) >= 11 is 0. The van der Waals surface area contributed by atoms with Gasteiger partial charge in [0.15, 0.2) is 0 Å².